The number of ether oxygens (including phenoxy) is 6. The molecule has 0 spiro atoms. The summed E-state index contributed by atoms with van der Waals surface area (Å²) in [4.78, 5) is 42.3. The zero-order valence-electron chi connectivity index (χ0n) is 39.6. The van der Waals surface area contributed by atoms with Gasteiger partial charge >= 0.3 is 17.9 Å². The molecule has 1 heterocycles. The fourth-order valence-electron chi connectivity index (χ4n) is 12.3. The van der Waals surface area contributed by atoms with Crippen LogP contribution in [-0.4, -0.2) is 127 Å². The summed E-state index contributed by atoms with van der Waals surface area (Å²) in [5.41, 5.74) is -4.54. The normalized spacial score (nSPS) is 38.6. The van der Waals surface area contributed by atoms with Crippen molar-refractivity contribution in [3.63, 3.8) is 0 Å². The summed E-state index contributed by atoms with van der Waals surface area (Å²) in [5, 5.41) is 77.3. The predicted octanol–water partition coefficient (Wildman–Crippen LogP) is 2.18. The molecule has 372 valence electrons. The van der Waals surface area contributed by atoms with E-state index in [0.29, 0.717) is 30.4 Å². The molecule has 5 fully saturated rings. The molecule has 18 atom stereocenters. The number of carbonyl (C=O) groups excluding carboxylic acids is 3. The van der Waals surface area contributed by atoms with E-state index in [1.165, 1.54) is 6.92 Å². The van der Waals surface area contributed by atoms with Crippen molar-refractivity contribution in [3.8, 4) is 0 Å². The summed E-state index contributed by atoms with van der Waals surface area (Å²) < 4.78 is 37.2. The van der Waals surface area contributed by atoms with Gasteiger partial charge in [0.15, 0.2) is 11.9 Å². The highest BCUT2D eigenvalue weighted by molar-refractivity contribution is 5.81. The van der Waals surface area contributed by atoms with Gasteiger partial charge in [-0.05, 0) is 51.5 Å². The van der Waals surface area contributed by atoms with Crippen molar-refractivity contribution in [2.75, 3.05) is 6.61 Å². The molecule has 67 heavy (non-hydrogen) atoms. The Labute approximate surface area is 391 Å². The molecule has 10 N–H and O–H groups in total. The first-order valence-corrected chi connectivity index (χ1v) is 23.4. The van der Waals surface area contributed by atoms with Gasteiger partial charge < -0.3 is 59.1 Å². The first-order valence-electron chi connectivity index (χ1n) is 23.4. The van der Waals surface area contributed by atoms with Crippen molar-refractivity contribution in [1.82, 2.24) is 10.7 Å². The number of hydrazine groups is 1. The summed E-state index contributed by atoms with van der Waals surface area (Å²) in [5.74, 6) is -0.757. The zero-order valence-corrected chi connectivity index (χ0v) is 39.6. The van der Waals surface area contributed by atoms with E-state index >= 15 is 4.79 Å². The third kappa shape index (κ3) is 9.42. The Morgan fingerprint density at radius 3 is 2.10 bits per heavy atom. The third-order valence-corrected chi connectivity index (χ3v) is 15.8. The van der Waals surface area contributed by atoms with Gasteiger partial charge in [-0.15, -0.1) is 0 Å². The first-order chi connectivity index (χ1) is 31.4. The number of esters is 3. The molecule has 18 nitrogen and oxygen atoms in total. The molecule has 4 aliphatic carbocycles. The lowest BCUT2D eigenvalue weighted by Gasteiger charge is -2.70. The molecule has 6 unspecified atom stereocenters. The van der Waals surface area contributed by atoms with Gasteiger partial charge in [-0.1, -0.05) is 88.4 Å². The molecule has 2 aromatic rings. The molecule has 7 rings (SSSR count). The Morgan fingerprint density at radius 2 is 1.55 bits per heavy atom. The number of nitrogens with two attached hydrogens (primary N) is 1. The lowest BCUT2D eigenvalue weighted by atomic mass is 9.42. The molecule has 0 amide bonds. The van der Waals surface area contributed by atoms with Crippen molar-refractivity contribution in [3.05, 3.63) is 71.8 Å². The van der Waals surface area contributed by atoms with E-state index < -0.39 is 137 Å². The Kier molecular flexibility index (Phi) is 14.7. The number of aliphatic hydroxyl groups excluding tert-OH is 5. The number of benzene rings is 2. The molecule has 2 aromatic carbocycles. The van der Waals surface area contributed by atoms with Gasteiger partial charge in [0.2, 0.25) is 12.5 Å². The van der Waals surface area contributed by atoms with Gasteiger partial charge in [-0.25, -0.2) is 4.79 Å². The van der Waals surface area contributed by atoms with Crippen LogP contribution >= 0.6 is 0 Å². The first kappa shape index (κ1) is 51.2. The quantitative estimate of drug-likeness (QED) is 0.0432. The van der Waals surface area contributed by atoms with Crippen LogP contribution in [0.2, 0.25) is 0 Å². The summed E-state index contributed by atoms with van der Waals surface area (Å²) >= 11 is 0. The standard InChI is InChI=1S/C49H71N3O15/c1-25-31(63-43(59)37(64-42(58)29-19-20-30(21-29)52-50)35(27-15-11-9-12-16-27)51-44(60)67-45(3,4)5)23-49(61)40(65-41(57)28-17-13-10-14-18-28)38-47(8,39(56)36(55)34(25)46(49,6)7)32(54)22-33-48(38,24-62-33)66-26(2)53/h9-18,25,29-41,44,51-52,54-57,60-61H,19-24,50H2,1-8H3/t25?,29?,30?,31-,32-,33?,34-,35-,36+,37+,38-,39+,40-,41?,44?,47+,48-,49+/m1/s1. The molecule has 4 saturated carbocycles. The Bertz CT molecular complexity index is 2060. The van der Waals surface area contributed by atoms with Crippen LogP contribution < -0.4 is 16.6 Å². The minimum atomic E-state index is -2.24. The number of rotatable bonds is 14. The van der Waals surface area contributed by atoms with Crippen molar-refractivity contribution < 1.29 is 73.4 Å². The van der Waals surface area contributed by atoms with E-state index in [0.717, 1.165) is 0 Å². The largest absolute Gasteiger partial charge is 0.459 e. The summed E-state index contributed by atoms with van der Waals surface area (Å²) in [7, 11) is 0. The third-order valence-electron chi connectivity index (χ3n) is 15.8. The summed E-state index contributed by atoms with van der Waals surface area (Å²) in [6.07, 6.45) is -13.1. The zero-order chi connectivity index (χ0) is 49.0. The second-order valence-electron chi connectivity index (χ2n) is 21.3. The number of fused-ring (bicyclic) bond motifs is 5. The van der Waals surface area contributed by atoms with Gasteiger partial charge in [0.25, 0.3) is 0 Å². The van der Waals surface area contributed by atoms with E-state index in [2.05, 4.69) is 10.7 Å². The fourth-order valence-corrected chi connectivity index (χ4v) is 12.3. The Balaban J connectivity index is 1.35. The van der Waals surface area contributed by atoms with Crippen LogP contribution in [0.3, 0.4) is 0 Å². The molecular weight excluding hydrogens is 871 g/mol. The molecule has 0 radical (unpaired) electrons. The van der Waals surface area contributed by atoms with Gasteiger partial charge in [0.1, 0.15) is 17.8 Å². The average Bonchev–Trinajstić information content (AvgIpc) is 3.76. The maximum Gasteiger partial charge on any atom is 0.349 e. The molecule has 1 saturated heterocycles. The lowest BCUT2D eigenvalue weighted by molar-refractivity contribution is -0.394. The van der Waals surface area contributed by atoms with E-state index in [9.17, 15) is 40.2 Å². The summed E-state index contributed by atoms with van der Waals surface area (Å²) in [6, 6.07) is 15.4. The van der Waals surface area contributed by atoms with E-state index in [1.807, 2.05) is 0 Å². The second kappa shape index (κ2) is 19.3. The number of hydrogen-bond donors (Lipinski definition) is 9. The number of carbonyl (C=O) groups is 3. The fraction of sp³-hybridized carbons (Fsp3) is 0.694. The Hall–Kier alpha value is -3.63. The minimum Gasteiger partial charge on any atom is -0.459 e. The molecule has 1 aliphatic heterocycles. The van der Waals surface area contributed by atoms with E-state index in [4.69, 9.17) is 34.3 Å². The summed E-state index contributed by atoms with van der Waals surface area (Å²) in [6.45, 7) is 12.8. The van der Waals surface area contributed by atoms with Crippen LogP contribution in [0.1, 0.15) is 111 Å². The van der Waals surface area contributed by atoms with Crippen LogP contribution in [0.25, 0.3) is 0 Å². The van der Waals surface area contributed by atoms with Crippen LogP contribution in [0.4, 0.5) is 0 Å². The Morgan fingerprint density at radius 1 is 0.925 bits per heavy atom. The van der Waals surface area contributed by atoms with Gasteiger partial charge in [0.05, 0.1) is 48.6 Å². The van der Waals surface area contributed by atoms with Crippen LogP contribution in [0.5, 0.6) is 0 Å². The van der Waals surface area contributed by atoms with Crippen LogP contribution in [-0.2, 0) is 42.8 Å². The monoisotopic (exact) mass is 941 g/mol. The SMILES string of the molecule is CC(=O)O[C@]12COC1C[C@@H](O)[C@@]1(C)[C@H]2[C@@H](OC(O)c2ccccc2)[C@@]2(O)C[C@@H](OC(=O)[C@@H](OC(=O)C3CCC(NN)C3)[C@H](NC(O)OC(C)(C)C)c3ccccc3)C(C)[C@H]([C@H](O)[C@@H]1O)C2(C)C. The van der Waals surface area contributed by atoms with Crippen molar-refractivity contribution >= 4 is 17.9 Å². The average molecular weight is 942 g/mol. The van der Waals surface area contributed by atoms with Crippen molar-refractivity contribution in [2.45, 2.75) is 172 Å². The minimum absolute atomic E-state index is 0.100. The molecular formula is C49H71N3O15. The topological polar surface area (TPSA) is 278 Å². The van der Waals surface area contributed by atoms with Gasteiger partial charge in [-0.3, -0.25) is 26.2 Å². The molecule has 18 heteroatoms. The molecule has 5 aliphatic rings. The number of aliphatic hydroxyl groups is 6. The number of hydrogen-bond acceptors (Lipinski definition) is 18. The van der Waals surface area contributed by atoms with E-state index in [-0.39, 0.29) is 19.1 Å². The van der Waals surface area contributed by atoms with Crippen LogP contribution in [0.15, 0.2) is 60.7 Å². The maximum atomic E-state index is 15.2. The van der Waals surface area contributed by atoms with E-state index in [1.54, 1.807) is 109 Å². The van der Waals surface area contributed by atoms with Crippen molar-refractivity contribution in [1.29, 1.82) is 0 Å². The van der Waals surface area contributed by atoms with Gasteiger partial charge in [-0.2, -0.15) is 0 Å². The van der Waals surface area contributed by atoms with Crippen LogP contribution in [0, 0.1) is 34.5 Å². The highest BCUT2D eigenvalue weighted by atomic mass is 16.7. The second-order valence-corrected chi connectivity index (χ2v) is 21.3. The maximum absolute atomic E-state index is 15.2. The highest BCUT2D eigenvalue weighted by Gasteiger charge is 2.78. The molecule has 2 bridgehead atoms. The smallest absolute Gasteiger partial charge is 0.349 e. The van der Waals surface area contributed by atoms with Gasteiger partial charge in [0, 0.05) is 54.0 Å². The lowest BCUT2D eigenvalue weighted by Crippen LogP contribution is -2.83. The number of nitrogens with one attached hydrogen (secondary N) is 2. The van der Waals surface area contributed by atoms with Crippen molar-refractivity contribution in [2.24, 2.45) is 40.3 Å². The highest BCUT2D eigenvalue weighted by Crippen LogP contribution is 2.66. The molecule has 0 aromatic heterocycles. The predicted molar refractivity (Wildman–Crippen MR) is 238 cm³/mol.